The van der Waals surface area contributed by atoms with Gasteiger partial charge in [-0.2, -0.15) is 5.26 Å². The molecule has 0 unspecified atom stereocenters. The number of rotatable bonds is 4. The molecule has 1 aromatic heterocycles. The van der Waals surface area contributed by atoms with Crippen molar-refractivity contribution in [2.45, 2.75) is 21.9 Å². The van der Waals surface area contributed by atoms with E-state index in [1.54, 1.807) is 11.8 Å². The molecule has 1 N–H and O–H groups in total. The highest BCUT2D eigenvalue weighted by Crippen LogP contribution is 2.34. The number of nitrogens with one attached hydrogen (secondary N) is 1. The van der Waals surface area contributed by atoms with Gasteiger partial charge < -0.3 is 4.98 Å². The van der Waals surface area contributed by atoms with Crippen molar-refractivity contribution in [1.82, 2.24) is 9.97 Å². The summed E-state index contributed by atoms with van der Waals surface area (Å²) in [6.07, 6.45) is 0. The molecule has 3 aromatic rings. The zero-order valence-electron chi connectivity index (χ0n) is 11.5. The number of benzene rings is 2. The highest BCUT2D eigenvalue weighted by molar-refractivity contribution is 8.00. The average molecular weight is 311 g/mol. The summed E-state index contributed by atoms with van der Waals surface area (Å²) in [6, 6.07) is 16.2. The fourth-order valence-corrected chi connectivity index (χ4v) is 3.83. The number of thioether (sulfide) groups is 1. The molecule has 1 heterocycles. The third-order valence-corrected chi connectivity index (χ3v) is 4.86. The summed E-state index contributed by atoms with van der Waals surface area (Å²) in [5, 5.41) is 10.2. The summed E-state index contributed by atoms with van der Waals surface area (Å²) in [5.41, 5.74) is 2.69. The molecule has 0 atom stereocenters. The van der Waals surface area contributed by atoms with E-state index < -0.39 is 0 Å². The average Bonchev–Trinajstić information content (AvgIpc) is 2.90. The summed E-state index contributed by atoms with van der Waals surface area (Å²) in [7, 11) is 0. The van der Waals surface area contributed by atoms with Crippen LogP contribution in [0, 0.1) is 11.3 Å². The number of aromatic amines is 1. The fraction of sp³-hybridized carbons (Fsp3) is 0.125. The Kier molecular flexibility index (Phi) is 4.18. The minimum Gasteiger partial charge on any atom is -0.333 e. The minimum atomic E-state index is 0.731. The van der Waals surface area contributed by atoms with E-state index in [0.29, 0.717) is 0 Å². The number of nitrogens with zero attached hydrogens (tertiary/aromatic N) is 2. The van der Waals surface area contributed by atoms with Gasteiger partial charge in [0.05, 0.1) is 16.6 Å². The van der Waals surface area contributed by atoms with Gasteiger partial charge in [-0.05, 0) is 30.0 Å². The Balaban J connectivity index is 1.97. The standard InChI is InChI=1S/C16H13N3S2/c1-2-20-14-8-5-9-15(11(14)10-17)21-16-18-12-6-3-4-7-13(12)19-16/h3-9H,2H2,1H3,(H,18,19). The zero-order valence-corrected chi connectivity index (χ0v) is 13.1. The Hall–Kier alpha value is -1.90. The van der Waals surface area contributed by atoms with Gasteiger partial charge in [0.25, 0.3) is 0 Å². The highest BCUT2D eigenvalue weighted by Gasteiger charge is 2.11. The second kappa shape index (κ2) is 6.25. The zero-order chi connectivity index (χ0) is 14.7. The van der Waals surface area contributed by atoms with Gasteiger partial charge in [-0.1, -0.05) is 36.9 Å². The van der Waals surface area contributed by atoms with Crippen LogP contribution in [-0.2, 0) is 0 Å². The van der Waals surface area contributed by atoms with Crippen molar-refractivity contribution >= 4 is 34.6 Å². The van der Waals surface area contributed by atoms with E-state index in [4.69, 9.17) is 0 Å². The number of aromatic nitrogens is 2. The number of H-pyrrole nitrogens is 1. The maximum absolute atomic E-state index is 9.44. The van der Waals surface area contributed by atoms with E-state index >= 15 is 0 Å². The van der Waals surface area contributed by atoms with Gasteiger partial charge in [-0.3, -0.25) is 0 Å². The number of fused-ring (bicyclic) bond motifs is 1. The van der Waals surface area contributed by atoms with Crippen LogP contribution in [0.25, 0.3) is 11.0 Å². The quantitative estimate of drug-likeness (QED) is 0.710. The lowest BCUT2D eigenvalue weighted by Gasteiger charge is -2.06. The Morgan fingerprint density at radius 3 is 2.71 bits per heavy atom. The van der Waals surface area contributed by atoms with Gasteiger partial charge >= 0.3 is 0 Å². The monoisotopic (exact) mass is 311 g/mol. The van der Waals surface area contributed by atoms with Gasteiger partial charge in [-0.25, -0.2) is 4.98 Å². The van der Waals surface area contributed by atoms with Crippen LogP contribution in [0.4, 0.5) is 0 Å². The lowest BCUT2D eigenvalue weighted by Crippen LogP contribution is -1.87. The second-order valence-corrected chi connectivity index (χ2v) is 6.67. The van der Waals surface area contributed by atoms with Crippen molar-refractivity contribution in [3.8, 4) is 6.07 Å². The summed E-state index contributed by atoms with van der Waals surface area (Å²) in [6.45, 7) is 2.09. The fourth-order valence-electron chi connectivity index (χ4n) is 2.06. The van der Waals surface area contributed by atoms with E-state index in [1.807, 2.05) is 42.5 Å². The topological polar surface area (TPSA) is 52.5 Å². The van der Waals surface area contributed by atoms with Gasteiger partial charge in [0.1, 0.15) is 6.07 Å². The normalized spacial score (nSPS) is 10.7. The third-order valence-electron chi connectivity index (χ3n) is 2.97. The Morgan fingerprint density at radius 1 is 1.14 bits per heavy atom. The van der Waals surface area contributed by atoms with Crippen LogP contribution in [0.15, 0.2) is 57.4 Å². The molecule has 21 heavy (non-hydrogen) atoms. The molecule has 0 saturated carbocycles. The van der Waals surface area contributed by atoms with E-state index in [1.165, 1.54) is 11.8 Å². The van der Waals surface area contributed by atoms with Gasteiger partial charge in [0.15, 0.2) is 5.16 Å². The molecule has 0 spiro atoms. The van der Waals surface area contributed by atoms with Crippen LogP contribution in [0.3, 0.4) is 0 Å². The van der Waals surface area contributed by atoms with Gasteiger partial charge in [0, 0.05) is 9.79 Å². The number of imidazole rings is 1. The molecule has 104 valence electrons. The summed E-state index contributed by atoms with van der Waals surface area (Å²) >= 11 is 3.19. The molecular weight excluding hydrogens is 298 g/mol. The van der Waals surface area contributed by atoms with Crippen LogP contribution in [0.2, 0.25) is 0 Å². The molecule has 3 nitrogen and oxygen atoms in total. The molecule has 0 aliphatic rings. The molecule has 0 saturated heterocycles. The van der Waals surface area contributed by atoms with E-state index in [-0.39, 0.29) is 0 Å². The van der Waals surface area contributed by atoms with Gasteiger partial charge in [0.2, 0.25) is 0 Å². The lowest BCUT2D eigenvalue weighted by molar-refractivity contribution is 1.08. The first-order valence-corrected chi connectivity index (χ1v) is 8.40. The van der Waals surface area contributed by atoms with Crippen LogP contribution in [-0.4, -0.2) is 15.7 Å². The van der Waals surface area contributed by atoms with Crippen LogP contribution < -0.4 is 0 Å². The van der Waals surface area contributed by atoms with Crippen molar-refractivity contribution in [3.05, 3.63) is 48.0 Å². The number of nitriles is 1. The predicted molar refractivity (Wildman–Crippen MR) is 87.8 cm³/mol. The smallest absolute Gasteiger partial charge is 0.171 e. The van der Waals surface area contributed by atoms with E-state index in [2.05, 4.69) is 23.0 Å². The molecular formula is C16H13N3S2. The molecule has 0 radical (unpaired) electrons. The van der Waals surface area contributed by atoms with Crippen LogP contribution in [0.5, 0.6) is 0 Å². The predicted octanol–water partition coefficient (Wildman–Crippen LogP) is 4.70. The van der Waals surface area contributed by atoms with E-state index in [0.717, 1.165) is 37.3 Å². The Labute approximate surface area is 131 Å². The highest BCUT2D eigenvalue weighted by atomic mass is 32.2. The van der Waals surface area contributed by atoms with Crippen molar-refractivity contribution < 1.29 is 0 Å². The van der Waals surface area contributed by atoms with Crippen molar-refractivity contribution in [2.75, 3.05) is 5.75 Å². The Morgan fingerprint density at radius 2 is 1.95 bits per heavy atom. The SMILES string of the molecule is CCSc1cccc(Sc2nc3ccccc3[nH]2)c1C#N. The lowest BCUT2D eigenvalue weighted by atomic mass is 10.2. The molecule has 0 amide bonds. The number of hydrogen-bond acceptors (Lipinski definition) is 4. The first kappa shape index (κ1) is 14.1. The minimum absolute atomic E-state index is 0.731. The molecule has 2 aromatic carbocycles. The number of hydrogen-bond donors (Lipinski definition) is 1. The second-order valence-electron chi connectivity index (χ2n) is 4.34. The van der Waals surface area contributed by atoms with Crippen molar-refractivity contribution in [2.24, 2.45) is 0 Å². The van der Waals surface area contributed by atoms with Crippen molar-refractivity contribution in [3.63, 3.8) is 0 Å². The third kappa shape index (κ3) is 2.92. The van der Waals surface area contributed by atoms with Crippen molar-refractivity contribution in [1.29, 1.82) is 5.26 Å². The molecule has 5 heteroatoms. The first-order chi connectivity index (χ1) is 10.3. The van der Waals surface area contributed by atoms with Gasteiger partial charge in [-0.15, -0.1) is 11.8 Å². The summed E-state index contributed by atoms with van der Waals surface area (Å²) in [4.78, 5) is 9.80. The molecule has 0 aliphatic heterocycles. The molecule has 3 rings (SSSR count). The first-order valence-electron chi connectivity index (χ1n) is 6.60. The molecule has 0 aliphatic carbocycles. The van der Waals surface area contributed by atoms with E-state index in [9.17, 15) is 5.26 Å². The maximum atomic E-state index is 9.44. The summed E-state index contributed by atoms with van der Waals surface area (Å²) < 4.78 is 0. The molecule has 0 bridgehead atoms. The largest absolute Gasteiger partial charge is 0.333 e. The van der Waals surface area contributed by atoms with Crippen LogP contribution in [0.1, 0.15) is 12.5 Å². The van der Waals surface area contributed by atoms with Crippen LogP contribution >= 0.6 is 23.5 Å². The maximum Gasteiger partial charge on any atom is 0.171 e. The summed E-state index contributed by atoms with van der Waals surface area (Å²) in [5.74, 6) is 0.952. The number of para-hydroxylation sites is 2. The molecule has 0 fully saturated rings. The Bertz CT molecular complexity index is 785.